The van der Waals surface area contributed by atoms with E-state index in [4.69, 9.17) is 5.73 Å². The maximum absolute atomic E-state index is 12.0. The third-order valence-corrected chi connectivity index (χ3v) is 3.59. The molecule has 5 heteroatoms. The Labute approximate surface area is 101 Å². The van der Waals surface area contributed by atoms with E-state index in [1.807, 2.05) is 13.0 Å². The second-order valence-corrected chi connectivity index (χ2v) is 4.70. The summed E-state index contributed by atoms with van der Waals surface area (Å²) in [6, 6.07) is 1.80. The predicted octanol–water partition coefficient (Wildman–Crippen LogP) is 0.688. The summed E-state index contributed by atoms with van der Waals surface area (Å²) in [6.45, 7) is 2.51. The zero-order valence-corrected chi connectivity index (χ0v) is 10.2. The number of hydrogen-bond donors (Lipinski definition) is 2. The van der Waals surface area contributed by atoms with E-state index in [-0.39, 0.29) is 18.0 Å². The molecular weight excluding hydrogens is 216 g/mol. The van der Waals surface area contributed by atoms with E-state index in [9.17, 15) is 4.79 Å². The van der Waals surface area contributed by atoms with Crippen LogP contribution in [0.5, 0.6) is 0 Å². The molecule has 1 saturated carbocycles. The number of hydrogen-bond acceptors (Lipinski definition) is 3. The van der Waals surface area contributed by atoms with Crippen molar-refractivity contribution in [2.24, 2.45) is 11.7 Å². The first kappa shape index (κ1) is 12.1. The standard InChI is InChI=1S/C12H20N4O/c1-9(16-7-3-6-14-16)12(17)15-11-5-2-4-10(11)8-13/h3,6-7,9-11H,2,4-5,8,13H2,1H3,(H,15,17). The van der Waals surface area contributed by atoms with Gasteiger partial charge in [0.15, 0.2) is 0 Å². The summed E-state index contributed by atoms with van der Waals surface area (Å²) in [4.78, 5) is 12.0. The lowest BCUT2D eigenvalue weighted by Crippen LogP contribution is -2.42. The van der Waals surface area contributed by atoms with E-state index in [2.05, 4.69) is 10.4 Å². The van der Waals surface area contributed by atoms with Crippen molar-refractivity contribution in [1.29, 1.82) is 0 Å². The minimum Gasteiger partial charge on any atom is -0.351 e. The quantitative estimate of drug-likeness (QED) is 0.807. The van der Waals surface area contributed by atoms with E-state index in [1.54, 1.807) is 17.1 Å². The molecule has 0 aliphatic heterocycles. The maximum atomic E-state index is 12.0. The minimum absolute atomic E-state index is 0.0269. The molecule has 5 nitrogen and oxygen atoms in total. The normalized spacial score (nSPS) is 25.8. The van der Waals surface area contributed by atoms with Crippen LogP contribution in [-0.2, 0) is 4.79 Å². The highest BCUT2D eigenvalue weighted by Crippen LogP contribution is 2.25. The first-order chi connectivity index (χ1) is 8.22. The predicted molar refractivity (Wildman–Crippen MR) is 65.3 cm³/mol. The van der Waals surface area contributed by atoms with Gasteiger partial charge in [-0.15, -0.1) is 0 Å². The molecule has 1 heterocycles. The lowest BCUT2D eigenvalue weighted by Gasteiger charge is -2.21. The second kappa shape index (κ2) is 5.31. The molecule has 1 aromatic heterocycles. The first-order valence-corrected chi connectivity index (χ1v) is 6.22. The third-order valence-electron chi connectivity index (χ3n) is 3.59. The molecule has 3 atom stereocenters. The number of nitrogens with two attached hydrogens (primary N) is 1. The number of rotatable bonds is 4. The van der Waals surface area contributed by atoms with Gasteiger partial charge in [0, 0.05) is 18.4 Å². The number of carbonyl (C=O) groups is 1. The molecule has 0 radical (unpaired) electrons. The van der Waals surface area contributed by atoms with Crippen LogP contribution in [0, 0.1) is 5.92 Å². The zero-order chi connectivity index (χ0) is 12.3. The molecule has 17 heavy (non-hydrogen) atoms. The molecule has 2 rings (SSSR count). The fourth-order valence-electron chi connectivity index (χ4n) is 2.44. The highest BCUT2D eigenvalue weighted by molar-refractivity contribution is 5.80. The molecule has 0 aromatic carbocycles. The molecule has 0 spiro atoms. The van der Waals surface area contributed by atoms with Crippen LogP contribution in [0.2, 0.25) is 0 Å². The Morgan fingerprint density at radius 3 is 3.12 bits per heavy atom. The molecular formula is C12H20N4O. The summed E-state index contributed by atoms with van der Waals surface area (Å²) in [5, 5.41) is 7.17. The SMILES string of the molecule is CC(C(=O)NC1CCCC1CN)n1cccn1. The lowest BCUT2D eigenvalue weighted by molar-refractivity contribution is -0.125. The van der Waals surface area contributed by atoms with Gasteiger partial charge in [0.05, 0.1) is 0 Å². The average molecular weight is 236 g/mol. The van der Waals surface area contributed by atoms with Crippen LogP contribution < -0.4 is 11.1 Å². The first-order valence-electron chi connectivity index (χ1n) is 6.22. The van der Waals surface area contributed by atoms with Crippen LogP contribution in [0.15, 0.2) is 18.5 Å². The minimum atomic E-state index is -0.260. The van der Waals surface area contributed by atoms with Gasteiger partial charge in [-0.2, -0.15) is 5.10 Å². The van der Waals surface area contributed by atoms with Gasteiger partial charge < -0.3 is 11.1 Å². The monoisotopic (exact) mass is 236 g/mol. The number of nitrogens with one attached hydrogen (secondary N) is 1. The van der Waals surface area contributed by atoms with Gasteiger partial charge in [-0.1, -0.05) is 6.42 Å². The van der Waals surface area contributed by atoms with Crippen molar-refractivity contribution < 1.29 is 4.79 Å². The molecule has 3 N–H and O–H groups in total. The van der Waals surface area contributed by atoms with Gasteiger partial charge in [0.25, 0.3) is 0 Å². The van der Waals surface area contributed by atoms with Gasteiger partial charge in [0.2, 0.25) is 5.91 Å². The molecule has 1 aliphatic rings. The Bertz CT molecular complexity index is 363. The molecule has 94 valence electrons. The van der Waals surface area contributed by atoms with Crippen LogP contribution in [0.25, 0.3) is 0 Å². The summed E-state index contributed by atoms with van der Waals surface area (Å²) in [5.74, 6) is 0.461. The number of aromatic nitrogens is 2. The topological polar surface area (TPSA) is 72.9 Å². The molecule has 3 unspecified atom stereocenters. The Morgan fingerprint density at radius 2 is 2.47 bits per heavy atom. The fraction of sp³-hybridized carbons (Fsp3) is 0.667. The van der Waals surface area contributed by atoms with Crippen molar-refractivity contribution in [2.45, 2.75) is 38.3 Å². The van der Waals surface area contributed by atoms with Crippen molar-refractivity contribution in [2.75, 3.05) is 6.54 Å². The van der Waals surface area contributed by atoms with Crippen molar-refractivity contribution >= 4 is 5.91 Å². The van der Waals surface area contributed by atoms with E-state index < -0.39 is 0 Å². The van der Waals surface area contributed by atoms with E-state index in [0.717, 1.165) is 19.3 Å². The third kappa shape index (κ3) is 2.66. The van der Waals surface area contributed by atoms with Crippen LogP contribution >= 0.6 is 0 Å². The number of amides is 1. The van der Waals surface area contributed by atoms with Crippen molar-refractivity contribution in [1.82, 2.24) is 15.1 Å². The van der Waals surface area contributed by atoms with E-state index >= 15 is 0 Å². The van der Waals surface area contributed by atoms with E-state index in [0.29, 0.717) is 12.5 Å². The van der Waals surface area contributed by atoms with Crippen LogP contribution in [0.3, 0.4) is 0 Å². The summed E-state index contributed by atoms with van der Waals surface area (Å²) >= 11 is 0. The van der Waals surface area contributed by atoms with Crippen molar-refractivity contribution in [3.05, 3.63) is 18.5 Å². The smallest absolute Gasteiger partial charge is 0.244 e. The lowest BCUT2D eigenvalue weighted by atomic mass is 10.0. The Balaban J connectivity index is 1.92. The largest absolute Gasteiger partial charge is 0.351 e. The van der Waals surface area contributed by atoms with Gasteiger partial charge >= 0.3 is 0 Å². The highest BCUT2D eigenvalue weighted by Gasteiger charge is 2.28. The van der Waals surface area contributed by atoms with Crippen molar-refractivity contribution in [3.8, 4) is 0 Å². The fourth-order valence-corrected chi connectivity index (χ4v) is 2.44. The molecule has 1 aromatic rings. The summed E-state index contributed by atoms with van der Waals surface area (Å²) in [5.41, 5.74) is 5.70. The molecule has 1 amide bonds. The average Bonchev–Trinajstić information content (AvgIpc) is 2.98. The Morgan fingerprint density at radius 1 is 1.65 bits per heavy atom. The Hall–Kier alpha value is -1.36. The summed E-state index contributed by atoms with van der Waals surface area (Å²) in [6.07, 6.45) is 6.81. The molecule has 0 bridgehead atoms. The molecule has 1 fully saturated rings. The van der Waals surface area contributed by atoms with Gasteiger partial charge in [-0.05, 0) is 38.3 Å². The Kier molecular flexibility index (Phi) is 3.78. The van der Waals surface area contributed by atoms with Crippen LogP contribution in [0.1, 0.15) is 32.2 Å². The maximum Gasteiger partial charge on any atom is 0.244 e. The zero-order valence-electron chi connectivity index (χ0n) is 10.2. The molecule has 1 aliphatic carbocycles. The highest BCUT2D eigenvalue weighted by atomic mass is 16.2. The molecule has 0 saturated heterocycles. The van der Waals surface area contributed by atoms with Gasteiger partial charge in [-0.3, -0.25) is 9.48 Å². The number of nitrogens with zero attached hydrogens (tertiary/aromatic N) is 2. The number of carbonyl (C=O) groups excluding carboxylic acids is 1. The second-order valence-electron chi connectivity index (χ2n) is 4.70. The summed E-state index contributed by atoms with van der Waals surface area (Å²) in [7, 11) is 0. The van der Waals surface area contributed by atoms with Crippen LogP contribution in [0.4, 0.5) is 0 Å². The van der Waals surface area contributed by atoms with Crippen molar-refractivity contribution in [3.63, 3.8) is 0 Å². The van der Waals surface area contributed by atoms with Gasteiger partial charge in [0.1, 0.15) is 6.04 Å². The van der Waals surface area contributed by atoms with Crippen LogP contribution in [-0.4, -0.2) is 28.3 Å². The van der Waals surface area contributed by atoms with Gasteiger partial charge in [-0.25, -0.2) is 0 Å². The summed E-state index contributed by atoms with van der Waals surface area (Å²) < 4.78 is 1.67. The van der Waals surface area contributed by atoms with E-state index in [1.165, 1.54) is 0 Å².